The molecule has 0 aliphatic carbocycles. The Labute approximate surface area is 177 Å². The number of hydrogen-bond acceptors (Lipinski definition) is 10. The van der Waals surface area contributed by atoms with Crippen LogP contribution in [-0.4, -0.2) is 45.9 Å². The van der Waals surface area contributed by atoms with Gasteiger partial charge in [-0.1, -0.05) is 5.16 Å². The smallest absolute Gasteiger partial charge is 0.342 e. The van der Waals surface area contributed by atoms with E-state index >= 15 is 0 Å². The Bertz CT molecular complexity index is 1210. The second kappa shape index (κ2) is 9.02. The van der Waals surface area contributed by atoms with Crippen LogP contribution < -0.4 is 19.3 Å². The lowest BCUT2D eigenvalue weighted by Gasteiger charge is -2.09. The van der Waals surface area contributed by atoms with Gasteiger partial charge in [-0.05, 0) is 30.3 Å². The number of methoxy groups -OCH3 is 3. The minimum atomic E-state index is -4.01. The zero-order chi connectivity index (χ0) is 22.6. The Kier molecular flexibility index (Phi) is 6.42. The predicted molar refractivity (Wildman–Crippen MR) is 106 cm³/mol. The third-order valence-corrected chi connectivity index (χ3v) is 5.07. The number of primary sulfonamides is 1. The molecular weight excluding hydrogens is 430 g/mol. The number of carbonyl (C=O) groups is 1. The van der Waals surface area contributed by atoms with Crippen molar-refractivity contribution in [2.45, 2.75) is 11.5 Å². The van der Waals surface area contributed by atoms with Crippen LogP contribution in [-0.2, 0) is 21.4 Å². The van der Waals surface area contributed by atoms with E-state index in [1.165, 1.54) is 33.5 Å². The fraction of sp³-hybridized carbons (Fsp3) is 0.211. The third kappa shape index (κ3) is 4.92. The fourth-order valence-electron chi connectivity index (χ4n) is 2.63. The van der Waals surface area contributed by atoms with E-state index < -0.39 is 16.0 Å². The molecule has 164 valence electrons. The van der Waals surface area contributed by atoms with Crippen molar-refractivity contribution in [1.29, 1.82) is 0 Å². The maximum Gasteiger partial charge on any atom is 0.342 e. The highest BCUT2D eigenvalue weighted by atomic mass is 32.2. The molecule has 0 atom stereocenters. The van der Waals surface area contributed by atoms with E-state index in [1.54, 1.807) is 18.2 Å². The summed E-state index contributed by atoms with van der Waals surface area (Å²) in [6.45, 7) is -0.354. The first-order valence-corrected chi connectivity index (χ1v) is 10.2. The quantitative estimate of drug-likeness (QED) is 0.503. The van der Waals surface area contributed by atoms with Gasteiger partial charge in [0.15, 0.2) is 6.61 Å². The first kappa shape index (κ1) is 22.1. The summed E-state index contributed by atoms with van der Waals surface area (Å²) in [6, 6.07) is 8.66. The molecule has 0 saturated carbocycles. The van der Waals surface area contributed by atoms with Crippen molar-refractivity contribution >= 4 is 16.0 Å². The lowest BCUT2D eigenvalue weighted by atomic mass is 10.2. The summed E-state index contributed by atoms with van der Waals surface area (Å²) in [7, 11) is 0.334. The van der Waals surface area contributed by atoms with Crippen LogP contribution >= 0.6 is 0 Å². The summed E-state index contributed by atoms with van der Waals surface area (Å²) < 4.78 is 48.9. The Morgan fingerprint density at radius 3 is 2.42 bits per heavy atom. The van der Waals surface area contributed by atoms with E-state index in [-0.39, 0.29) is 34.5 Å². The molecule has 31 heavy (non-hydrogen) atoms. The van der Waals surface area contributed by atoms with Gasteiger partial charge in [0.2, 0.25) is 15.8 Å². The van der Waals surface area contributed by atoms with E-state index in [0.717, 1.165) is 6.07 Å². The minimum absolute atomic E-state index is 0.0165. The van der Waals surface area contributed by atoms with Crippen molar-refractivity contribution in [1.82, 2.24) is 10.1 Å². The number of esters is 1. The number of carbonyl (C=O) groups excluding carboxylic acids is 1. The molecule has 11 nitrogen and oxygen atoms in total. The zero-order valence-electron chi connectivity index (χ0n) is 16.8. The van der Waals surface area contributed by atoms with Crippen molar-refractivity contribution in [3.8, 4) is 28.6 Å². The molecule has 0 aliphatic rings. The van der Waals surface area contributed by atoms with Crippen LogP contribution in [0.1, 0.15) is 16.2 Å². The molecule has 0 aliphatic heterocycles. The number of hydrogen-bond donors (Lipinski definition) is 1. The second-order valence-corrected chi connectivity index (χ2v) is 7.62. The summed E-state index contributed by atoms with van der Waals surface area (Å²) in [4.78, 5) is 16.4. The largest absolute Gasteiger partial charge is 0.497 e. The topological polar surface area (TPSA) is 153 Å². The maximum absolute atomic E-state index is 12.5. The summed E-state index contributed by atoms with van der Waals surface area (Å²) in [5.41, 5.74) is 0.428. The molecule has 12 heteroatoms. The third-order valence-electron chi connectivity index (χ3n) is 4.16. The number of nitrogens with two attached hydrogens (primary N) is 1. The van der Waals surface area contributed by atoms with E-state index in [4.69, 9.17) is 28.6 Å². The molecule has 1 aromatic heterocycles. The molecule has 1 heterocycles. The lowest BCUT2D eigenvalue weighted by molar-refractivity contribution is 0.0426. The van der Waals surface area contributed by atoms with Gasteiger partial charge in [-0.2, -0.15) is 4.98 Å². The predicted octanol–water partition coefficient (Wildman–Crippen LogP) is 1.77. The van der Waals surface area contributed by atoms with Crippen LogP contribution in [0.3, 0.4) is 0 Å². The van der Waals surface area contributed by atoms with Crippen molar-refractivity contribution < 1.29 is 36.7 Å². The van der Waals surface area contributed by atoms with Crippen LogP contribution in [0.25, 0.3) is 11.4 Å². The number of aromatic nitrogens is 2. The van der Waals surface area contributed by atoms with Gasteiger partial charge in [0.25, 0.3) is 5.89 Å². The lowest BCUT2D eigenvalue weighted by Crippen LogP contribution is -2.14. The van der Waals surface area contributed by atoms with Crippen molar-refractivity contribution in [3.63, 3.8) is 0 Å². The van der Waals surface area contributed by atoms with Gasteiger partial charge >= 0.3 is 5.97 Å². The monoisotopic (exact) mass is 449 g/mol. The Balaban J connectivity index is 1.78. The Hall–Kier alpha value is -3.64. The van der Waals surface area contributed by atoms with E-state index in [0.29, 0.717) is 17.1 Å². The number of ether oxygens (including phenoxy) is 4. The Morgan fingerprint density at radius 2 is 1.77 bits per heavy atom. The second-order valence-electron chi connectivity index (χ2n) is 6.06. The number of benzene rings is 2. The minimum Gasteiger partial charge on any atom is -0.497 e. The van der Waals surface area contributed by atoms with Crippen LogP contribution in [0.4, 0.5) is 0 Å². The highest BCUT2D eigenvalue weighted by Gasteiger charge is 2.20. The zero-order valence-corrected chi connectivity index (χ0v) is 17.6. The van der Waals surface area contributed by atoms with E-state index in [2.05, 4.69) is 10.1 Å². The molecule has 3 rings (SSSR count). The molecule has 0 amide bonds. The number of sulfonamides is 1. The van der Waals surface area contributed by atoms with Crippen LogP contribution in [0, 0.1) is 0 Å². The van der Waals surface area contributed by atoms with Gasteiger partial charge in [-0.15, -0.1) is 0 Å². The highest BCUT2D eigenvalue weighted by Crippen LogP contribution is 2.31. The molecule has 0 fully saturated rings. The van der Waals surface area contributed by atoms with Gasteiger partial charge in [0, 0.05) is 6.07 Å². The van der Waals surface area contributed by atoms with Gasteiger partial charge in [-0.25, -0.2) is 18.4 Å². The fourth-order valence-corrected chi connectivity index (χ4v) is 3.17. The van der Waals surface area contributed by atoms with Crippen molar-refractivity contribution in [3.05, 3.63) is 47.9 Å². The van der Waals surface area contributed by atoms with Gasteiger partial charge in [0.05, 0.1) is 31.8 Å². The molecular formula is C19H19N3O8S. The summed E-state index contributed by atoms with van der Waals surface area (Å²) >= 11 is 0. The normalized spacial score (nSPS) is 11.1. The first-order chi connectivity index (χ1) is 14.8. The van der Waals surface area contributed by atoms with E-state index in [9.17, 15) is 13.2 Å². The van der Waals surface area contributed by atoms with Crippen LogP contribution in [0.5, 0.6) is 17.2 Å². The molecule has 3 aromatic rings. The maximum atomic E-state index is 12.5. The van der Waals surface area contributed by atoms with Gasteiger partial charge in [-0.3, -0.25) is 0 Å². The number of nitrogens with zero attached hydrogens (tertiary/aromatic N) is 2. The van der Waals surface area contributed by atoms with Crippen LogP contribution in [0.15, 0.2) is 45.8 Å². The Morgan fingerprint density at radius 1 is 1.03 bits per heavy atom. The molecule has 0 radical (unpaired) electrons. The molecule has 0 saturated heterocycles. The average Bonchev–Trinajstić information content (AvgIpc) is 3.24. The standard InChI is InChI=1S/C19H19N3O8S/c1-26-11-4-6-13(16(8-11)28-3)18-21-17(30-22-18)10-29-19(23)14-9-12(31(20,24)25)5-7-15(14)27-2/h4-9H,10H2,1-3H3,(H2,20,24,25). The molecule has 0 unspecified atom stereocenters. The average molecular weight is 449 g/mol. The van der Waals surface area contributed by atoms with Gasteiger partial charge < -0.3 is 23.5 Å². The molecule has 2 aromatic carbocycles. The SMILES string of the molecule is COc1ccc(-c2noc(COC(=O)c3cc(S(N)(=O)=O)ccc3OC)n2)c(OC)c1. The van der Waals surface area contributed by atoms with Crippen LogP contribution in [0.2, 0.25) is 0 Å². The van der Waals surface area contributed by atoms with E-state index in [1.807, 2.05) is 0 Å². The van der Waals surface area contributed by atoms with Crippen molar-refractivity contribution in [2.75, 3.05) is 21.3 Å². The highest BCUT2D eigenvalue weighted by molar-refractivity contribution is 7.89. The molecule has 0 bridgehead atoms. The molecule has 0 spiro atoms. The molecule has 2 N–H and O–H groups in total. The number of rotatable bonds is 8. The summed E-state index contributed by atoms with van der Waals surface area (Å²) in [5, 5.41) is 8.97. The van der Waals surface area contributed by atoms with Crippen molar-refractivity contribution in [2.24, 2.45) is 5.14 Å². The summed E-state index contributed by atoms with van der Waals surface area (Å²) in [5.74, 6) is 0.556. The summed E-state index contributed by atoms with van der Waals surface area (Å²) in [6.07, 6.45) is 0. The van der Waals surface area contributed by atoms with Gasteiger partial charge in [0.1, 0.15) is 22.8 Å². The first-order valence-electron chi connectivity index (χ1n) is 8.69.